The van der Waals surface area contributed by atoms with Gasteiger partial charge in [-0.2, -0.15) is 4.39 Å². The van der Waals surface area contributed by atoms with Gasteiger partial charge < -0.3 is 9.64 Å². The van der Waals surface area contributed by atoms with Crippen molar-refractivity contribution in [2.45, 2.75) is 13.0 Å². The van der Waals surface area contributed by atoms with Crippen LogP contribution in [0.5, 0.6) is 5.75 Å². The molecule has 0 saturated carbocycles. The zero-order valence-corrected chi connectivity index (χ0v) is 12.4. The molecule has 0 bridgehead atoms. The van der Waals surface area contributed by atoms with Gasteiger partial charge in [0.1, 0.15) is 17.3 Å². The van der Waals surface area contributed by atoms with Crippen LogP contribution >= 0.6 is 0 Å². The average Bonchev–Trinajstić information content (AvgIpc) is 2.53. The van der Waals surface area contributed by atoms with Gasteiger partial charge in [0.2, 0.25) is 5.82 Å². The third-order valence-electron chi connectivity index (χ3n) is 3.96. The highest BCUT2D eigenvalue weighted by Gasteiger charge is 2.28. The van der Waals surface area contributed by atoms with Gasteiger partial charge in [-0.05, 0) is 29.7 Å². The van der Waals surface area contributed by atoms with Crippen LogP contribution in [-0.4, -0.2) is 18.6 Å². The molecule has 0 aromatic heterocycles. The summed E-state index contributed by atoms with van der Waals surface area (Å²) in [6.07, 6.45) is 0.531. The highest BCUT2D eigenvalue weighted by molar-refractivity contribution is 5.67. The van der Waals surface area contributed by atoms with Crippen LogP contribution in [-0.2, 0) is 13.0 Å². The monoisotopic (exact) mass is 320 g/mol. The Labute approximate surface area is 131 Å². The van der Waals surface area contributed by atoms with Gasteiger partial charge >= 0.3 is 5.69 Å². The fourth-order valence-corrected chi connectivity index (χ4v) is 2.83. The lowest BCUT2D eigenvalue weighted by atomic mass is 9.99. The SMILES string of the molecule is COc1cc(F)c([N+](=O)[O-])c(N2CCc3cc(F)ccc3C2)c1. The lowest BCUT2D eigenvalue weighted by molar-refractivity contribution is -0.386. The Morgan fingerprint density at radius 3 is 2.70 bits per heavy atom. The van der Waals surface area contributed by atoms with Crippen LogP contribution in [0.2, 0.25) is 0 Å². The summed E-state index contributed by atoms with van der Waals surface area (Å²) < 4.78 is 32.3. The highest BCUT2D eigenvalue weighted by atomic mass is 19.1. The second-order valence-electron chi connectivity index (χ2n) is 5.32. The molecular weight excluding hydrogens is 306 g/mol. The molecule has 1 aliphatic heterocycles. The van der Waals surface area contributed by atoms with Crippen molar-refractivity contribution >= 4 is 11.4 Å². The van der Waals surface area contributed by atoms with E-state index in [9.17, 15) is 18.9 Å². The predicted molar refractivity (Wildman–Crippen MR) is 80.8 cm³/mol. The number of halogens is 2. The van der Waals surface area contributed by atoms with Crippen molar-refractivity contribution in [3.8, 4) is 5.75 Å². The van der Waals surface area contributed by atoms with Crippen LogP contribution in [0, 0.1) is 21.7 Å². The number of nitrogens with zero attached hydrogens (tertiary/aromatic N) is 2. The van der Waals surface area contributed by atoms with E-state index < -0.39 is 16.4 Å². The molecule has 1 heterocycles. The molecule has 1 aliphatic rings. The first-order valence-electron chi connectivity index (χ1n) is 7.03. The lowest BCUT2D eigenvalue weighted by Gasteiger charge is -2.30. The fraction of sp³-hybridized carbons (Fsp3) is 0.250. The Bertz CT molecular complexity index is 780. The first kappa shape index (κ1) is 15.2. The number of hydrogen-bond acceptors (Lipinski definition) is 4. The second-order valence-corrected chi connectivity index (χ2v) is 5.32. The van der Waals surface area contributed by atoms with Gasteiger partial charge in [-0.15, -0.1) is 0 Å². The molecule has 2 aromatic rings. The minimum Gasteiger partial charge on any atom is -0.497 e. The average molecular weight is 320 g/mol. The third-order valence-corrected chi connectivity index (χ3v) is 3.96. The molecule has 7 heteroatoms. The van der Waals surface area contributed by atoms with Gasteiger partial charge in [-0.25, -0.2) is 4.39 Å². The second kappa shape index (κ2) is 5.83. The molecule has 0 aliphatic carbocycles. The number of rotatable bonds is 3. The summed E-state index contributed by atoms with van der Waals surface area (Å²) in [7, 11) is 1.37. The molecule has 3 rings (SSSR count). The molecule has 0 radical (unpaired) electrons. The van der Waals surface area contributed by atoms with E-state index in [1.54, 1.807) is 11.0 Å². The number of methoxy groups -OCH3 is 1. The molecule has 5 nitrogen and oxygen atoms in total. The topological polar surface area (TPSA) is 55.6 Å². The summed E-state index contributed by atoms with van der Waals surface area (Å²) in [6.45, 7) is 0.785. The third kappa shape index (κ3) is 2.81. The lowest BCUT2D eigenvalue weighted by Crippen LogP contribution is -2.31. The molecule has 0 spiro atoms. The van der Waals surface area contributed by atoms with Crippen molar-refractivity contribution in [1.29, 1.82) is 0 Å². The molecular formula is C16H14F2N2O3. The molecule has 0 amide bonds. The summed E-state index contributed by atoms with van der Waals surface area (Å²) >= 11 is 0. The number of nitro groups is 1. The maximum atomic E-state index is 14.1. The first-order chi connectivity index (χ1) is 11.0. The minimum absolute atomic E-state index is 0.168. The number of ether oxygens (including phenoxy) is 1. The summed E-state index contributed by atoms with van der Waals surface area (Å²) in [6, 6.07) is 6.92. The van der Waals surface area contributed by atoms with Gasteiger partial charge in [0.25, 0.3) is 0 Å². The molecule has 0 fully saturated rings. The maximum Gasteiger partial charge on any atom is 0.328 e. The number of anilines is 1. The van der Waals surface area contributed by atoms with E-state index in [4.69, 9.17) is 4.74 Å². The van der Waals surface area contributed by atoms with Crippen molar-refractivity contribution in [1.82, 2.24) is 0 Å². The summed E-state index contributed by atoms with van der Waals surface area (Å²) in [5.41, 5.74) is 1.33. The number of nitro benzene ring substituents is 1. The largest absolute Gasteiger partial charge is 0.497 e. The molecule has 0 atom stereocenters. The zero-order valence-electron chi connectivity index (χ0n) is 12.4. The zero-order chi connectivity index (χ0) is 16.6. The van der Waals surface area contributed by atoms with Gasteiger partial charge in [0.15, 0.2) is 0 Å². The van der Waals surface area contributed by atoms with Crippen LogP contribution < -0.4 is 9.64 Å². The Kier molecular flexibility index (Phi) is 3.85. The van der Waals surface area contributed by atoms with Crippen LogP contribution in [0.1, 0.15) is 11.1 Å². The van der Waals surface area contributed by atoms with Crippen LogP contribution in [0.25, 0.3) is 0 Å². The Morgan fingerprint density at radius 1 is 1.22 bits per heavy atom. The van der Waals surface area contributed by atoms with Crippen LogP contribution in [0.15, 0.2) is 30.3 Å². The van der Waals surface area contributed by atoms with E-state index in [0.29, 0.717) is 19.5 Å². The van der Waals surface area contributed by atoms with Crippen LogP contribution in [0.4, 0.5) is 20.2 Å². The summed E-state index contributed by atoms with van der Waals surface area (Å²) in [4.78, 5) is 12.2. The molecule has 0 N–H and O–H groups in total. The summed E-state index contributed by atoms with van der Waals surface area (Å²) in [5, 5.41) is 11.2. The van der Waals surface area contributed by atoms with E-state index in [1.165, 1.54) is 25.3 Å². The fourth-order valence-electron chi connectivity index (χ4n) is 2.83. The first-order valence-corrected chi connectivity index (χ1v) is 7.03. The molecule has 0 unspecified atom stereocenters. The molecule has 120 valence electrons. The minimum atomic E-state index is -0.936. The van der Waals surface area contributed by atoms with Gasteiger partial charge in [0.05, 0.1) is 12.0 Å². The van der Waals surface area contributed by atoms with Crippen LogP contribution in [0.3, 0.4) is 0 Å². The van der Waals surface area contributed by atoms with E-state index >= 15 is 0 Å². The number of fused-ring (bicyclic) bond motifs is 1. The van der Waals surface area contributed by atoms with Crippen molar-refractivity contribution < 1.29 is 18.4 Å². The van der Waals surface area contributed by atoms with Crippen molar-refractivity contribution in [3.63, 3.8) is 0 Å². The highest BCUT2D eigenvalue weighted by Crippen LogP contribution is 2.37. The quantitative estimate of drug-likeness (QED) is 0.642. The van der Waals surface area contributed by atoms with Crippen molar-refractivity contribution in [3.05, 3.63) is 63.2 Å². The van der Waals surface area contributed by atoms with Crippen molar-refractivity contribution in [2.24, 2.45) is 0 Å². The molecule has 0 saturated heterocycles. The molecule has 2 aromatic carbocycles. The number of hydrogen-bond donors (Lipinski definition) is 0. The predicted octanol–water partition coefficient (Wildman–Crippen LogP) is 3.44. The van der Waals surface area contributed by atoms with Gasteiger partial charge in [-0.3, -0.25) is 10.1 Å². The number of benzene rings is 2. The van der Waals surface area contributed by atoms with E-state index in [-0.39, 0.29) is 17.3 Å². The molecule has 23 heavy (non-hydrogen) atoms. The summed E-state index contributed by atoms with van der Waals surface area (Å²) in [5.74, 6) is -1.03. The Hall–Kier alpha value is -2.70. The smallest absolute Gasteiger partial charge is 0.328 e. The normalized spacial score (nSPS) is 13.6. The standard InChI is InChI=1S/C16H14F2N2O3/c1-23-13-7-14(18)16(20(21)22)15(8-13)19-5-4-10-6-12(17)3-2-11(10)9-19/h2-3,6-8H,4-5,9H2,1H3. The Balaban J connectivity index is 2.03. The Morgan fingerprint density at radius 2 is 2.00 bits per heavy atom. The van der Waals surface area contributed by atoms with Gasteiger partial charge in [0, 0.05) is 25.2 Å². The van der Waals surface area contributed by atoms with E-state index in [2.05, 4.69) is 0 Å². The van der Waals surface area contributed by atoms with Crippen molar-refractivity contribution in [2.75, 3.05) is 18.6 Å². The van der Waals surface area contributed by atoms with E-state index in [0.717, 1.165) is 17.2 Å². The maximum absolute atomic E-state index is 14.1. The van der Waals surface area contributed by atoms with Gasteiger partial charge in [-0.1, -0.05) is 6.07 Å². The van der Waals surface area contributed by atoms with E-state index in [1.807, 2.05) is 0 Å².